The van der Waals surface area contributed by atoms with Crippen molar-refractivity contribution in [2.75, 3.05) is 31.1 Å². The van der Waals surface area contributed by atoms with Crippen LogP contribution in [-0.2, 0) is 0 Å². The van der Waals surface area contributed by atoms with E-state index in [9.17, 15) is 0 Å². The van der Waals surface area contributed by atoms with E-state index in [2.05, 4.69) is 21.7 Å². The van der Waals surface area contributed by atoms with Gasteiger partial charge in [0.15, 0.2) is 0 Å². The highest BCUT2D eigenvalue weighted by atomic mass is 35.5. The molecule has 1 atom stereocenters. The highest BCUT2D eigenvalue weighted by molar-refractivity contribution is 7.80. The van der Waals surface area contributed by atoms with E-state index in [-0.39, 0.29) is 6.04 Å². The topological polar surface area (TPSA) is 45.4 Å². The first kappa shape index (κ1) is 15.5. The summed E-state index contributed by atoms with van der Waals surface area (Å²) in [4.78, 5) is 9.32. The number of rotatable bonds is 5. The summed E-state index contributed by atoms with van der Waals surface area (Å²) in [5.74, 6) is 0. The first-order chi connectivity index (χ1) is 9.63. The molecule has 110 valence electrons. The second kappa shape index (κ2) is 7.20. The van der Waals surface area contributed by atoms with Crippen LogP contribution in [0, 0.1) is 0 Å². The predicted molar refractivity (Wildman–Crippen MR) is 88.5 cm³/mol. The largest absolute Gasteiger partial charge is 0.392 e. The summed E-state index contributed by atoms with van der Waals surface area (Å²) in [6.45, 7) is 5.96. The number of halogens is 1. The summed E-state index contributed by atoms with van der Waals surface area (Å²) in [5.41, 5.74) is 6.93. The van der Waals surface area contributed by atoms with Crippen LogP contribution in [0.15, 0.2) is 18.5 Å². The fourth-order valence-corrected chi connectivity index (χ4v) is 3.18. The Hall–Kier alpha value is -0.910. The average Bonchev–Trinajstić information content (AvgIpc) is 2.45. The highest BCUT2D eigenvalue weighted by Gasteiger charge is 2.25. The lowest BCUT2D eigenvalue weighted by Gasteiger charge is -2.40. The van der Waals surface area contributed by atoms with Crippen LogP contribution in [0.2, 0.25) is 5.02 Å². The molecule has 2 rings (SSSR count). The molecule has 0 aliphatic carbocycles. The number of aromatic nitrogens is 1. The monoisotopic (exact) mass is 312 g/mol. The van der Waals surface area contributed by atoms with E-state index in [1.54, 1.807) is 12.4 Å². The maximum absolute atomic E-state index is 6.20. The van der Waals surface area contributed by atoms with Crippen LogP contribution in [0.5, 0.6) is 0 Å². The van der Waals surface area contributed by atoms with Crippen molar-refractivity contribution in [2.24, 2.45) is 5.73 Å². The molecule has 20 heavy (non-hydrogen) atoms. The summed E-state index contributed by atoms with van der Waals surface area (Å²) < 4.78 is 0. The smallest absolute Gasteiger partial charge is 0.0902 e. The minimum absolute atomic E-state index is 0.227. The van der Waals surface area contributed by atoms with Gasteiger partial charge in [-0.2, -0.15) is 0 Å². The van der Waals surface area contributed by atoms with Gasteiger partial charge in [-0.05, 0) is 12.5 Å². The van der Waals surface area contributed by atoms with E-state index in [0.29, 0.717) is 10.0 Å². The molecule has 1 aromatic heterocycles. The number of thiocarbonyl (C=S) groups is 1. The molecule has 0 bridgehead atoms. The van der Waals surface area contributed by atoms with E-state index in [0.717, 1.165) is 44.7 Å². The number of nitrogens with two attached hydrogens (primary N) is 1. The molecule has 1 aliphatic rings. The molecule has 0 radical (unpaired) electrons. The molecule has 1 fully saturated rings. The molecule has 0 saturated carbocycles. The van der Waals surface area contributed by atoms with Gasteiger partial charge in [0.2, 0.25) is 0 Å². The molecule has 0 amide bonds. The van der Waals surface area contributed by atoms with E-state index in [1.807, 2.05) is 6.07 Å². The second-order valence-electron chi connectivity index (χ2n) is 5.06. The van der Waals surface area contributed by atoms with Crippen LogP contribution < -0.4 is 10.6 Å². The lowest BCUT2D eigenvalue weighted by Crippen LogP contribution is -2.53. The summed E-state index contributed by atoms with van der Waals surface area (Å²) in [7, 11) is 0. The fourth-order valence-electron chi connectivity index (χ4n) is 2.68. The van der Waals surface area contributed by atoms with Crippen molar-refractivity contribution in [2.45, 2.75) is 25.8 Å². The predicted octanol–water partition coefficient (Wildman–Crippen LogP) is 2.31. The second-order valence-corrected chi connectivity index (χ2v) is 5.94. The van der Waals surface area contributed by atoms with Crippen molar-refractivity contribution in [3.8, 4) is 0 Å². The van der Waals surface area contributed by atoms with Gasteiger partial charge >= 0.3 is 0 Å². The van der Waals surface area contributed by atoms with Crippen molar-refractivity contribution in [1.82, 2.24) is 9.88 Å². The SMILES string of the molecule is CCCC(C(N)=S)N1CCN(c2ccncc2Cl)CC1. The van der Waals surface area contributed by atoms with E-state index in [4.69, 9.17) is 29.6 Å². The van der Waals surface area contributed by atoms with Gasteiger partial charge < -0.3 is 10.6 Å². The van der Waals surface area contributed by atoms with Crippen molar-refractivity contribution < 1.29 is 0 Å². The fraction of sp³-hybridized carbons (Fsp3) is 0.571. The lowest BCUT2D eigenvalue weighted by molar-refractivity contribution is 0.219. The van der Waals surface area contributed by atoms with Crippen molar-refractivity contribution in [3.05, 3.63) is 23.5 Å². The molecular formula is C14H21ClN4S. The number of pyridine rings is 1. The zero-order valence-corrected chi connectivity index (χ0v) is 13.3. The standard InChI is InChI=1S/C14H21ClN4S/c1-2-3-13(14(16)20)19-8-6-18(7-9-19)12-4-5-17-10-11(12)15/h4-5,10,13H,2-3,6-9H2,1H3,(H2,16,20). The zero-order valence-electron chi connectivity index (χ0n) is 11.8. The summed E-state index contributed by atoms with van der Waals surface area (Å²) in [6.07, 6.45) is 5.60. The molecular weight excluding hydrogens is 292 g/mol. The van der Waals surface area contributed by atoms with Gasteiger partial charge in [-0.3, -0.25) is 9.88 Å². The van der Waals surface area contributed by atoms with Crippen LogP contribution in [0.25, 0.3) is 0 Å². The average molecular weight is 313 g/mol. The molecule has 0 aromatic carbocycles. The van der Waals surface area contributed by atoms with Crippen LogP contribution >= 0.6 is 23.8 Å². The Morgan fingerprint density at radius 2 is 2.15 bits per heavy atom. The molecule has 1 aliphatic heterocycles. The lowest BCUT2D eigenvalue weighted by atomic mass is 10.1. The molecule has 0 spiro atoms. The molecule has 2 N–H and O–H groups in total. The minimum atomic E-state index is 0.227. The third-order valence-electron chi connectivity index (χ3n) is 3.74. The highest BCUT2D eigenvalue weighted by Crippen LogP contribution is 2.25. The van der Waals surface area contributed by atoms with Gasteiger partial charge in [0, 0.05) is 38.6 Å². The molecule has 6 heteroatoms. The third kappa shape index (κ3) is 3.59. The molecule has 4 nitrogen and oxygen atoms in total. The molecule has 1 saturated heterocycles. The molecule has 1 unspecified atom stereocenters. The van der Waals surface area contributed by atoms with Gasteiger partial charge in [-0.1, -0.05) is 37.2 Å². The Morgan fingerprint density at radius 1 is 1.45 bits per heavy atom. The number of piperazine rings is 1. The van der Waals surface area contributed by atoms with Crippen molar-refractivity contribution in [1.29, 1.82) is 0 Å². The maximum Gasteiger partial charge on any atom is 0.0902 e. The normalized spacial score (nSPS) is 18.0. The maximum atomic E-state index is 6.20. The third-order valence-corrected chi connectivity index (χ3v) is 4.30. The van der Waals surface area contributed by atoms with Gasteiger partial charge in [0.1, 0.15) is 0 Å². The van der Waals surface area contributed by atoms with E-state index >= 15 is 0 Å². The van der Waals surface area contributed by atoms with E-state index < -0.39 is 0 Å². The quantitative estimate of drug-likeness (QED) is 0.845. The van der Waals surface area contributed by atoms with Gasteiger partial charge in [0.05, 0.1) is 21.7 Å². The number of nitrogens with zero attached hydrogens (tertiary/aromatic N) is 3. The molecule has 1 aromatic rings. The van der Waals surface area contributed by atoms with Crippen LogP contribution in [-0.4, -0.2) is 47.1 Å². The van der Waals surface area contributed by atoms with Crippen LogP contribution in [0.1, 0.15) is 19.8 Å². The number of hydrogen-bond acceptors (Lipinski definition) is 4. The Balaban J connectivity index is 1.98. The summed E-state index contributed by atoms with van der Waals surface area (Å²) >= 11 is 11.4. The first-order valence-corrected chi connectivity index (χ1v) is 7.80. The van der Waals surface area contributed by atoms with Gasteiger partial charge in [-0.25, -0.2) is 0 Å². The Kier molecular flexibility index (Phi) is 5.57. The molecule has 2 heterocycles. The first-order valence-electron chi connectivity index (χ1n) is 7.01. The van der Waals surface area contributed by atoms with Crippen molar-refractivity contribution >= 4 is 34.5 Å². The number of hydrogen-bond donors (Lipinski definition) is 1. The Labute approximate surface area is 130 Å². The minimum Gasteiger partial charge on any atom is -0.392 e. The Bertz CT molecular complexity index is 460. The summed E-state index contributed by atoms with van der Waals surface area (Å²) in [6, 6.07) is 2.19. The number of anilines is 1. The zero-order chi connectivity index (χ0) is 14.5. The van der Waals surface area contributed by atoms with Gasteiger partial charge in [-0.15, -0.1) is 0 Å². The Morgan fingerprint density at radius 3 is 2.70 bits per heavy atom. The summed E-state index contributed by atoms with van der Waals surface area (Å²) in [5, 5.41) is 0.709. The van der Waals surface area contributed by atoms with Crippen molar-refractivity contribution in [3.63, 3.8) is 0 Å². The van der Waals surface area contributed by atoms with Crippen LogP contribution in [0.3, 0.4) is 0 Å². The van der Waals surface area contributed by atoms with E-state index in [1.165, 1.54) is 0 Å². The van der Waals surface area contributed by atoms with Crippen LogP contribution in [0.4, 0.5) is 5.69 Å². The van der Waals surface area contributed by atoms with Gasteiger partial charge in [0.25, 0.3) is 0 Å².